The number of carbonyl (C=O) groups is 3. The molecule has 148 valence electrons. The van der Waals surface area contributed by atoms with Gasteiger partial charge >= 0.3 is 17.9 Å². The highest BCUT2D eigenvalue weighted by Crippen LogP contribution is 2.29. The molecular formula is C19H24O8. The Bertz CT molecular complexity index is 686. The van der Waals surface area contributed by atoms with E-state index in [-0.39, 0.29) is 13.0 Å². The molecule has 27 heavy (non-hydrogen) atoms. The van der Waals surface area contributed by atoms with E-state index in [0.717, 1.165) is 5.56 Å². The molecule has 1 aromatic rings. The van der Waals surface area contributed by atoms with Crippen LogP contribution in [0.5, 0.6) is 5.75 Å². The van der Waals surface area contributed by atoms with Crippen molar-refractivity contribution in [1.29, 1.82) is 0 Å². The highest BCUT2D eigenvalue weighted by atomic mass is 16.7. The van der Waals surface area contributed by atoms with Crippen LogP contribution in [0.2, 0.25) is 0 Å². The molecule has 0 aliphatic carbocycles. The SMILES string of the molecule is CC(=O)OC[C@H]1O[C@@H](Oc2ccccc2C)C[C@@H](OC(C)=O)[C@@H]1OC(C)=O. The normalized spacial score (nSPS) is 24.6. The predicted molar refractivity (Wildman–Crippen MR) is 92.8 cm³/mol. The molecule has 0 radical (unpaired) electrons. The Balaban J connectivity index is 2.22. The van der Waals surface area contributed by atoms with Crippen LogP contribution in [0.3, 0.4) is 0 Å². The lowest BCUT2D eigenvalue weighted by atomic mass is 10.0. The summed E-state index contributed by atoms with van der Waals surface area (Å²) in [7, 11) is 0. The highest BCUT2D eigenvalue weighted by molar-refractivity contribution is 5.67. The van der Waals surface area contributed by atoms with Gasteiger partial charge in [-0.25, -0.2) is 0 Å². The average Bonchev–Trinajstić information content (AvgIpc) is 2.56. The van der Waals surface area contributed by atoms with Crippen LogP contribution in [0, 0.1) is 6.92 Å². The summed E-state index contributed by atoms with van der Waals surface area (Å²) in [6.07, 6.45) is -3.17. The molecule has 0 bridgehead atoms. The molecule has 2 rings (SSSR count). The van der Waals surface area contributed by atoms with Gasteiger partial charge in [-0.15, -0.1) is 0 Å². The smallest absolute Gasteiger partial charge is 0.303 e. The van der Waals surface area contributed by atoms with E-state index in [4.69, 9.17) is 23.7 Å². The van der Waals surface area contributed by atoms with E-state index in [1.807, 2.05) is 25.1 Å². The zero-order valence-corrected chi connectivity index (χ0v) is 15.8. The van der Waals surface area contributed by atoms with Crippen LogP contribution in [0.4, 0.5) is 0 Å². The van der Waals surface area contributed by atoms with Crippen molar-refractivity contribution in [2.75, 3.05) is 6.61 Å². The van der Waals surface area contributed by atoms with Gasteiger partial charge in [-0.1, -0.05) is 18.2 Å². The molecule has 0 unspecified atom stereocenters. The summed E-state index contributed by atoms with van der Waals surface area (Å²) in [5, 5.41) is 0. The summed E-state index contributed by atoms with van der Waals surface area (Å²) in [4.78, 5) is 34.2. The standard InChI is InChI=1S/C19H24O8/c1-11-7-5-6-8-15(11)26-18-9-16(24-13(3)21)19(25-14(4)22)17(27-18)10-23-12(2)20/h5-8,16-19H,9-10H2,1-4H3/t16-,17-,18-,19+/m1/s1. The molecule has 0 aromatic heterocycles. The first kappa shape index (κ1) is 20.7. The van der Waals surface area contributed by atoms with Crippen molar-refractivity contribution >= 4 is 17.9 Å². The number of ether oxygens (including phenoxy) is 5. The van der Waals surface area contributed by atoms with Gasteiger partial charge in [0.25, 0.3) is 0 Å². The summed E-state index contributed by atoms with van der Waals surface area (Å²) in [5.41, 5.74) is 0.906. The minimum Gasteiger partial charge on any atom is -0.465 e. The topological polar surface area (TPSA) is 97.4 Å². The molecule has 8 heteroatoms. The molecular weight excluding hydrogens is 356 g/mol. The van der Waals surface area contributed by atoms with Gasteiger partial charge < -0.3 is 23.7 Å². The van der Waals surface area contributed by atoms with E-state index in [1.54, 1.807) is 6.07 Å². The molecule has 1 fully saturated rings. The number of hydrogen-bond donors (Lipinski definition) is 0. The lowest BCUT2D eigenvalue weighted by Gasteiger charge is -2.40. The average molecular weight is 380 g/mol. The molecule has 0 amide bonds. The fourth-order valence-corrected chi connectivity index (χ4v) is 2.80. The van der Waals surface area contributed by atoms with Gasteiger partial charge in [0.2, 0.25) is 6.29 Å². The van der Waals surface area contributed by atoms with Crippen molar-refractivity contribution in [2.45, 2.75) is 58.7 Å². The van der Waals surface area contributed by atoms with E-state index in [1.165, 1.54) is 20.8 Å². The second kappa shape index (κ2) is 9.36. The molecule has 4 atom stereocenters. The molecule has 1 saturated heterocycles. The number of benzene rings is 1. The van der Waals surface area contributed by atoms with Crippen LogP contribution in [-0.2, 0) is 33.3 Å². The number of para-hydroxylation sites is 1. The van der Waals surface area contributed by atoms with Gasteiger partial charge in [0.15, 0.2) is 6.10 Å². The number of aryl methyl sites for hydroxylation is 1. The summed E-state index contributed by atoms with van der Waals surface area (Å²) in [6, 6.07) is 7.39. The quantitative estimate of drug-likeness (QED) is 0.545. The second-order valence-corrected chi connectivity index (χ2v) is 6.25. The number of hydrogen-bond acceptors (Lipinski definition) is 8. The first-order chi connectivity index (χ1) is 12.8. The van der Waals surface area contributed by atoms with Crippen LogP contribution in [0.1, 0.15) is 32.8 Å². The van der Waals surface area contributed by atoms with E-state index in [0.29, 0.717) is 5.75 Å². The van der Waals surface area contributed by atoms with Gasteiger partial charge in [-0.05, 0) is 18.6 Å². The van der Waals surface area contributed by atoms with E-state index >= 15 is 0 Å². The van der Waals surface area contributed by atoms with Crippen LogP contribution in [-0.4, -0.2) is 49.1 Å². The molecule has 0 N–H and O–H groups in total. The maximum absolute atomic E-state index is 11.5. The van der Waals surface area contributed by atoms with Crippen molar-refractivity contribution in [3.8, 4) is 5.75 Å². The van der Waals surface area contributed by atoms with E-state index in [2.05, 4.69) is 0 Å². The number of rotatable bonds is 6. The Morgan fingerprint density at radius 3 is 2.30 bits per heavy atom. The van der Waals surface area contributed by atoms with Gasteiger partial charge in [0.05, 0.1) is 6.42 Å². The van der Waals surface area contributed by atoms with Gasteiger partial charge in [0, 0.05) is 20.8 Å². The third kappa shape index (κ3) is 6.25. The maximum Gasteiger partial charge on any atom is 0.303 e. The predicted octanol–water partition coefficient (Wildman–Crippen LogP) is 1.92. The number of carbonyl (C=O) groups excluding carboxylic acids is 3. The summed E-state index contributed by atoms with van der Waals surface area (Å²) < 4.78 is 27.4. The monoisotopic (exact) mass is 380 g/mol. The van der Waals surface area contributed by atoms with Crippen LogP contribution in [0.15, 0.2) is 24.3 Å². The minimum absolute atomic E-state index is 0.155. The zero-order chi connectivity index (χ0) is 20.0. The Labute approximate surface area is 157 Å². The number of esters is 3. The first-order valence-corrected chi connectivity index (χ1v) is 8.61. The Morgan fingerprint density at radius 2 is 1.70 bits per heavy atom. The van der Waals surface area contributed by atoms with Crippen molar-refractivity contribution < 1.29 is 38.1 Å². The fourth-order valence-electron chi connectivity index (χ4n) is 2.80. The molecule has 0 spiro atoms. The zero-order valence-electron chi connectivity index (χ0n) is 15.8. The van der Waals surface area contributed by atoms with Gasteiger partial charge in [-0.3, -0.25) is 14.4 Å². The molecule has 8 nitrogen and oxygen atoms in total. The van der Waals surface area contributed by atoms with Gasteiger partial charge in [-0.2, -0.15) is 0 Å². The minimum atomic E-state index is -0.914. The Hall–Kier alpha value is -2.61. The summed E-state index contributed by atoms with van der Waals surface area (Å²) in [6.45, 7) is 5.48. The van der Waals surface area contributed by atoms with Crippen LogP contribution in [0.25, 0.3) is 0 Å². The van der Waals surface area contributed by atoms with Crippen LogP contribution >= 0.6 is 0 Å². The summed E-state index contributed by atoms with van der Waals surface area (Å²) in [5.74, 6) is -0.987. The maximum atomic E-state index is 11.5. The lowest BCUT2D eigenvalue weighted by Crippen LogP contribution is -2.54. The molecule has 1 aromatic carbocycles. The molecule has 1 aliphatic rings. The van der Waals surface area contributed by atoms with Crippen molar-refractivity contribution in [2.24, 2.45) is 0 Å². The molecule has 0 saturated carbocycles. The summed E-state index contributed by atoms with van der Waals surface area (Å²) >= 11 is 0. The first-order valence-electron chi connectivity index (χ1n) is 8.61. The molecule has 1 aliphatic heterocycles. The highest BCUT2D eigenvalue weighted by Gasteiger charge is 2.44. The van der Waals surface area contributed by atoms with Gasteiger partial charge in [0.1, 0.15) is 24.6 Å². The van der Waals surface area contributed by atoms with Crippen molar-refractivity contribution in [3.05, 3.63) is 29.8 Å². The molecule has 1 heterocycles. The third-order valence-electron chi connectivity index (χ3n) is 3.91. The fraction of sp³-hybridized carbons (Fsp3) is 0.526. The van der Waals surface area contributed by atoms with Crippen molar-refractivity contribution in [1.82, 2.24) is 0 Å². The second-order valence-electron chi connectivity index (χ2n) is 6.25. The Morgan fingerprint density at radius 1 is 1.04 bits per heavy atom. The van der Waals surface area contributed by atoms with E-state index < -0.39 is 42.5 Å². The van der Waals surface area contributed by atoms with E-state index in [9.17, 15) is 14.4 Å². The Kier molecular flexibility index (Phi) is 7.18. The lowest BCUT2D eigenvalue weighted by molar-refractivity contribution is -0.245. The largest absolute Gasteiger partial charge is 0.465 e. The van der Waals surface area contributed by atoms with Crippen molar-refractivity contribution in [3.63, 3.8) is 0 Å². The third-order valence-corrected chi connectivity index (χ3v) is 3.91. The van der Waals surface area contributed by atoms with Crippen LogP contribution < -0.4 is 4.74 Å².